The minimum absolute atomic E-state index is 0.0376. The number of hydrogen-bond donors (Lipinski definition) is 1. The predicted octanol–water partition coefficient (Wildman–Crippen LogP) is 1.14. The van der Waals surface area contributed by atoms with Crippen molar-refractivity contribution in [2.24, 2.45) is 0 Å². The van der Waals surface area contributed by atoms with Crippen molar-refractivity contribution in [2.45, 2.75) is 19.9 Å². The lowest BCUT2D eigenvalue weighted by Gasteiger charge is -2.05. The molecule has 0 bridgehead atoms. The Morgan fingerprint density at radius 2 is 2.27 bits per heavy atom. The van der Waals surface area contributed by atoms with Gasteiger partial charge in [0.2, 0.25) is 5.91 Å². The highest BCUT2D eigenvalue weighted by Crippen LogP contribution is 2.04. The van der Waals surface area contributed by atoms with Crippen LogP contribution < -0.4 is 10.9 Å². The fourth-order valence-electron chi connectivity index (χ4n) is 1.18. The van der Waals surface area contributed by atoms with Crippen LogP contribution in [0, 0.1) is 0 Å². The zero-order valence-electron chi connectivity index (χ0n) is 8.50. The number of rotatable bonds is 4. The summed E-state index contributed by atoms with van der Waals surface area (Å²) >= 11 is 3.27. The maximum Gasteiger partial charge on any atom is 0.250 e. The number of nitrogens with one attached hydrogen (secondary N) is 1. The van der Waals surface area contributed by atoms with E-state index in [0.717, 1.165) is 4.47 Å². The van der Waals surface area contributed by atoms with Gasteiger partial charge < -0.3 is 9.88 Å². The van der Waals surface area contributed by atoms with Crippen molar-refractivity contribution < 1.29 is 4.79 Å². The molecule has 0 saturated carbocycles. The highest BCUT2D eigenvalue weighted by Gasteiger charge is 2.01. The molecule has 1 rings (SSSR count). The van der Waals surface area contributed by atoms with Gasteiger partial charge in [-0.25, -0.2) is 0 Å². The van der Waals surface area contributed by atoms with Gasteiger partial charge in [0.1, 0.15) is 0 Å². The summed E-state index contributed by atoms with van der Waals surface area (Å²) in [5.41, 5.74) is -0.0949. The Bertz CT molecular complexity index is 401. The van der Waals surface area contributed by atoms with Gasteiger partial charge in [-0.3, -0.25) is 9.59 Å². The van der Waals surface area contributed by atoms with Gasteiger partial charge in [-0.1, -0.05) is 0 Å². The molecule has 1 heterocycles. The summed E-state index contributed by atoms with van der Waals surface area (Å²) in [5.74, 6) is -0.0376. The maximum atomic E-state index is 11.4. The normalized spacial score (nSPS) is 10.0. The van der Waals surface area contributed by atoms with Crippen molar-refractivity contribution in [3.63, 3.8) is 0 Å². The molecule has 0 aliphatic carbocycles. The van der Waals surface area contributed by atoms with Crippen LogP contribution in [0.3, 0.4) is 0 Å². The zero-order chi connectivity index (χ0) is 11.3. The fraction of sp³-hybridized carbons (Fsp3) is 0.400. The smallest absolute Gasteiger partial charge is 0.250 e. The molecule has 0 unspecified atom stereocenters. The number of carbonyl (C=O) groups excluding carboxylic acids is 1. The topological polar surface area (TPSA) is 51.1 Å². The van der Waals surface area contributed by atoms with Crippen molar-refractivity contribution in [2.75, 3.05) is 6.54 Å². The molecular formula is C10H13BrN2O2. The molecule has 0 radical (unpaired) electrons. The fourth-order valence-corrected chi connectivity index (χ4v) is 1.56. The first-order valence-electron chi connectivity index (χ1n) is 4.76. The molecule has 0 saturated heterocycles. The number of hydrogen-bond acceptors (Lipinski definition) is 2. The van der Waals surface area contributed by atoms with E-state index in [1.807, 2.05) is 6.92 Å². The standard InChI is InChI=1S/C10H13BrN2O2/c1-2-12-9(14)5-6-13-7-8(11)3-4-10(13)15/h3-4,7H,2,5-6H2,1H3,(H,12,14). The van der Waals surface area contributed by atoms with Crippen LogP contribution in [0.1, 0.15) is 13.3 Å². The van der Waals surface area contributed by atoms with Crippen molar-refractivity contribution in [1.82, 2.24) is 9.88 Å². The highest BCUT2D eigenvalue weighted by atomic mass is 79.9. The molecule has 4 nitrogen and oxygen atoms in total. The molecule has 1 aromatic heterocycles. The van der Waals surface area contributed by atoms with Crippen LogP contribution in [0.15, 0.2) is 27.6 Å². The number of aryl methyl sites for hydroxylation is 1. The number of aromatic nitrogens is 1. The van der Waals surface area contributed by atoms with E-state index in [0.29, 0.717) is 19.5 Å². The minimum atomic E-state index is -0.0949. The zero-order valence-corrected chi connectivity index (χ0v) is 10.1. The summed E-state index contributed by atoms with van der Waals surface area (Å²) < 4.78 is 2.34. The van der Waals surface area contributed by atoms with E-state index in [1.54, 1.807) is 12.3 Å². The summed E-state index contributed by atoms with van der Waals surface area (Å²) in [6.45, 7) is 2.89. The third-order valence-corrected chi connectivity index (χ3v) is 2.37. The SMILES string of the molecule is CCNC(=O)CCn1cc(Br)ccc1=O. The van der Waals surface area contributed by atoms with Gasteiger partial charge in [-0.2, -0.15) is 0 Å². The molecule has 1 amide bonds. The Morgan fingerprint density at radius 1 is 1.53 bits per heavy atom. The van der Waals surface area contributed by atoms with Gasteiger partial charge in [-0.05, 0) is 28.9 Å². The number of halogens is 1. The second-order valence-corrected chi connectivity index (χ2v) is 4.00. The van der Waals surface area contributed by atoms with E-state index >= 15 is 0 Å². The first-order valence-corrected chi connectivity index (χ1v) is 5.55. The van der Waals surface area contributed by atoms with Crippen molar-refractivity contribution >= 4 is 21.8 Å². The lowest BCUT2D eigenvalue weighted by Crippen LogP contribution is -2.26. The summed E-state index contributed by atoms with van der Waals surface area (Å²) in [6.07, 6.45) is 2.01. The van der Waals surface area contributed by atoms with Crippen LogP contribution in [0.5, 0.6) is 0 Å². The van der Waals surface area contributed by atoms with E-state index in [1.165, 1.54) is 10.6 Å². The molecule has 82 valence electrons. The molecule has 0 spiro atoms. The Labute approximate surface area is 96.4 Å². The van der Waals surface area contributed by atoms with Gasteiger partial charge in [0, 0.05) is 36.2 Å². The number of carbonyl (C=O) groups is 1. The Morgan fingerprint density at radius 3 is 2.93 bits per heavy atom. The predicted molar refractivity (Wildman–Crippen MR) is 61.7 cm³/mol. The van der Waals surface area contributed by atoms with Crippen molar-refractivity contribution in [3.8, 4) is 0 Å². The Kier molecular flexibility index (Phi) is 4.55. The van der Waals surface area contributed by atoms with Gasteiger partial charge in [0.15, 0.2) is 0 Å². The van der Waals surface area contributed by atoms with Crippen LogP contribution in [0.2, 0.25) is 0 Å². The lowest BCUT2D eigenvalue weighted by molar-refractivity contribution is -0.121. The first-order chi connectivity index (χ1) is 7.13. The molecule has 0 aliphatic heterocycles. The molecule has 0 atom stereocenters. The van der Waals surface area contributed by atoms with Crippen LogP contribution in [-0.2, 0) is 11.3 Å². The second-order valence-electron chi connectivity index (χ2n) is 3.08. The van der Waals surface area contributed by atoms with E-state index in [9.17, 15) is 9.59 Å². The lowest BCUT2D eigenvalue weighted by atomic mass is 10.3. The number of nitrogens with zero attached hydrogens (tertiary/aromatic N) is 1. The van der Waals surface area contributed by atoms with Gasteiger partial charge in [0.25, 0.3) is 5.56 Å². The molecule has 5 heteroatoms. The number of pyridine rings is 1. The summed E-state index contributed by atoms with van der Waals surface area (Å²) in [7, 11) is 0. The van der Waals surface area contributed by atoms with Gasteiger partial charge in [-0.15, -0.1) is 0 Å². The van der Waals surface area contributed by atoms with Crippen molar-refractivity contribution in [1.29, 1.82) is 0 Å². The van der Waals surface area contributed by atoms with E-state index < -0.39 is 0 Å². The molecule has 1 N–H and O–H groups in total. The Hall–Kier alpha value is -1.10. The number of amides is 1. The summed E-state index contributed by atoms with van der Waals surface area (Å²) in [5, 5.41) is 2.68. The maximum absolute atomic E-state index is 11.4. The van der Waals surface area contributed by atoms with Crippen LogP contribution >= 0.6 is 15.9 Å². The molecule has 0 aromatic carbocycles. The van der Waals surface area contributed by atoms with Crippen LogP contribution in [0.4, 0.5) is 0 Å². The van der Waals surface area contributed by atoms with Crippen molar-refractivity contribution in [3.05, 3.63) is 33.2 Å². The molecule has 0 fully saturated rings. The Balaban J connectivity index is 2.61. The average molecular weight is 273 g/mol. The highest BCUT2D eigenvalue weighted by molar-refractivity contribution is 9.10. The van der Waals surface area contributed by atoms with Crippen LogP contribution in [-0.4, -0.2) is 17.0 Å². The third kappa shape index (κ3) is 3.87. The first kappa shape index (κ1) is 12.0. The van der Waals surface area contributed by atoms with E-state index in [-0.39, 0.29) is 11.5 Å². The largest absolute Gasteiger partial charge is 0.356 e. The molecular weight excluding hydrogens is 260 g/mol. The third-order valence-electron chi connectivity index (χ3n) is 1.90. The van der Waals surface area contributed by atoms with Gasteiger partial charge in [0.05, 0.1) is 0 Å². The quantitative estimate of drug-likeness (QED) is 0.894. The molecule has 0 aliphatic rings. The average Bonchev–Trinajstić information content (AvgIpc) is 2.20. The molecule has 15 heavy (non-hydrogen) atoms. The molecule has 1 aromatic rings. The summed E-state index contributed by atoms with van der Waals surface area (Å²) in [6, 6.07) is 3.16. The summed E-state index contributed by atoms with van der Waals surface area (Å²) in [4.78, 5) is 22.5. The second kappa shape index (κ2) is 5.70. The van der Waals surface area contributed by atoms with Crippen LogP contribution in [0.25, 0.3) is 0 Å². The van der Waals surface area contributed by atoms with Gasteiger partial charge >= 0.3 is 0 Å². The monoisotopic (exact) mass is 272 g/mol. The van der Waals surface area contributed by atoms with E-state index in [2.05, 4.69) is 21.2 Å². The minimum Gasteiger partial charge on any atom is -0.356 e. The van der Waals surface area contributed by atoms with E-state index in [4.69, 9.17) is 0 Å².